The summed E-state index contributed by atoms with van der Waals surface area (Å²) in [5, 5.41) is 2.49. The van der Waals surface area contributed by atoms with E-state index in [-0.39, 0.29) is 5.91 Å². The van der Waals surface area contributed by atoms with Gasteiger partial charge in [0.1, 0.15) is 0 Å². The van der Waals surface area contributed by atoms with Crippen molar-refractivity contribution >= 4 is 12.0 Å². The van der Waals surface area contributed by atoms with Crippen LogP contribution in [0.3, 0.4) is 0 Å². The molecule has 0 aromatic carbocycles. The number of alkyl carbamates (subject to hydrolysis) is 1. The van der Waals surface area contributed by atoms with Crippen molar-refractivity contribution in [2.24, 2.45) is 0 Å². The van der Waals surface area contributed by atoms with Crippen LogP contribution < -0.4 is 5.32 Å². The van der Waals surface area contributed by atoms with Crippen LogP contribution in [0.5, 0.6) is 0 Å². The molecule has 2 amide bonds. The molecule has 0 atom stereocenters. The highest BCUT2D eigenvalue weighted by molar-refractivity contribution is 5.73. The van der Waals surface area contributed by atoms with E-state index >= 15 is 0 Å². The molecule has 0 radical (unpaired) electrons. The van der Waals surface area contributed by atoms with Crippen molar-refractivity contribution in [3.8, 4) is 0 Å². The lowest BCUT2D eigenvalue weighted by molar-refractivity contribution is -0.128. The molecule has 0 unspecified atom stereocenters. The summed E-state index contributed by atoms with van der Waals surface area (Å²) in [6.07, 6.45) is 1.15. The van der Waals surface area contributed by atoms with E-state index in [2.05, 4.69) is 16.6 Å². The van der Waals surface area contributed by atoms with E-state index in [1.165, 1.54) is 14.0 Å². The summed E-state index contributed by atoms with van der Waals surface area (Å²) >= 11 is 0. The van der Waals surface area contributed by atoms with Crippen LogP contribution in [0.15, 0.2) is 12.7 Å². The Morgan fingerprint density at radius 1 is 1.57 bits per heavy atom. The third-order valence-corrected chi connectivity index (χ3v) is 1.63. The van der Waals surface area contributed by atoms with Crippen molar-refractivity contribution in [3.63, 3.8) is 0 Å². The van der Waals surface area contributed by atoms with Gasteiger partial charge in [-0.15, -0.1) is 6.58 Å². The Labute approximate surface area is 83.7 Å². The zero-order valence-electron chi connectivity index (χ0n) is 8.58. The Morgan fingerprint density at radius 3 is 2.64 bits per heavy atom. The predicted molar refractivity (Wildman–Crippen MR) is 52.9 cm³/mol. The molecule has 0 aliphatic heterocycles. The van der Waals surface area contributed by atoms with Crippen molar-refractivity contribution in [3.05, 3.63) is 12.7 Å². The van der Waals surface area contributed by atoms with Crippen LogP contribution in [0, 0.1) is 0 Å². The summed E-state index contributed by atoms with van der Waals surface area (Å²) in [5.41, 5.74) is 0. The second-order valence-electron chi connectivity index (χ2n) is 2.67. The lowest BCUT2D eigenvalue weighted by Crippen LogP contribution is -2.37. The highest BCUT2D eigenvalue weighted by Gasteiger charge is 2.06. The first kappa shape index (κ1) is 12.5. The topological polar surface area (TPSA) is 58.6 Å². The molecule has 0 aromatic heterocycles. The second kappa shape index (κ2) is 6.94. The van der Waals surface area contributed by atoms with Gasteiger partial charge in [0.2, 0.25) is 5.91 Å². The van der Waals surface area contributed by atoms with Crippen molar-refractivity contribution in [1.82, 2.24) is 10.2 Å². The predicted octanol–water partition coefficient (Wildman–Crippen LogP) is 0.377. The maximum atomic E-state index is 11.0. The number of hydrogen-bond acceptors (Lipinski definition) is 3. The minimum atomic E-state index is -0.493. The summed E-state index contributed by atoms with van der Waals surface area (Å²) < 4.78 is 4.38. The smallest absolute Gasteiger partial charge is 0.406 e. The molecule has 0 aromatic rings. The number of nitrogens with zero attached hydrogens (tertiary/aromatic N) is 1. The normalized spacial score (nSPS) is 9.00. The van der Waals surface area contributed by atoms with Crippen molar-refractivity contribution in [1.29, 1.82) is 0 Å². The van der Waals surface area contributed by atoms with E-state index in [4.69, 9.17) is 0 Å². The molecule has 5 heteroatoms. The molecule has 0 aliphatic rings. The number of methoxy groups -OCH3 is 1. The fourth-order valence-corrected chi connectivity index (χ4v) is 0.898. The van der Waals surface area contributed by atoms with Crippen LogP contribution in [0.4, 0.5) is 4.79 Å². The van der Waals surface area contributed by atoms with Gasteiger partial charge in [-0.3, -0.25) is 4.79 Å². The van der Waals surface area contributed by atoms with Gasteiger partial charge < -0.3 is 15.0 Å². The summed E-state index contributed by atoms with van der Waals surface area (Å²) in [6.45, 7) is 6.32. The van der Waals surface area contributed by atoms with E-state index < -0.39 is 6.09 Å². The average Bonchev–Trinajstić information content (AvgIpc) is 2.16. The van der Waals surface area contributed by atoms with Crippen LogP contribution in [0.2, 0.25) is 0 Å². The Balaban J connectivity index is 3.76. The number of carbonyl (C=O) groups is 2. The third-order valence-electron chi connectivity index (χ3n) is 1.63. The van der Waals surface area contributed by atoms with Gasteiger partial charge in [-0.2, -0.15) is 0 Å². The van der Waals surface area contributed by atoms with Crippen LogP contribution in [-0.2, 0) is 9.53 Å². The monoisotopic (exact) mass is 200 g/mol. The molecule has 0 heterocycles. The number of rotatable bonds is 5. The molecule has 14 heavy (non-hydrogen) atoms. The molecule has 0 spiro atoms. The molecule has 5 nitrogen and oxygen atoms in total. The molecule has 0 fully saturated rings. The summed E-state index contributed by atoms with van der Waals surface area (Å²) in [7, 11) is 1.29. The molecule has 1 N–H and O–H groups in total. The molecular weight excluding hydrogens is 184 g/mol. The summed E-state index contributed by atoms with van der Waals surface area (Å²) in [4.78, 5) is 23.2. The van der Waals surface area contributed by atoms with Crippen LogP contribution in [-0.4, -0.2) is 43.6 Å². The fourth-order valence-electron chi connectivity index (χ4n) is 0.898. The average molecular weight is 200 g/mol. The Hall–Kier alpha value is -1.52. The highest BCUT2D eigenvalue weighted by Crippen LogP contribution is 1.88. The standard InChI is InChI=1S/C9H16N2O3/c1-4-6-11(8(2)12)7-5-10-9(13)14-3/h4H,1,5-7H2,2-3H3,(H,10,13). The van der Waals surface area contributed by atoms with Crippen molar-refractivity contribution < 1.29 is 14.3 Å². The van der Waals surface area contributed by atoms with Gasteiger partial charge in [0, 0.05) is 26.6 Å². The molecule has 0 rings (SSSR count). The maximum Gasteiger partial charge on any atom is 0.406 e. The third kappa shape index (κ3) is 5.18. The van der Waals surface area contributed by atoms with Crippen LogP contribution in [0.25, 0.3) is 0 Å². The first-order valence-electron chi connectivity index (χ1n) is 4.30. The van der Waals surface area contributed by atoms with Gasteiger partial charge >= 0.3 is 6.09 Å². The number of hydrogen-bond donors (Lipinski definition) is 1. The highest BCUT2D eigenvalue weighted by atomic mass is 16.5. The first-order valence-corrected chi connectivity index (χ1v) is 4.30. The first-order chi connectivity index (χ1) is 6.61. The second-order valence-corrected chi connectivity index (χ2v) is 2.67. The van der Waals surface area contributed by atoms with E-state index in [9.17, 15) is 9.59 Å². The zero-order chi connectivity index (χ0) is 11.0. The minimum absolute atomic E-state index is 0.0448. The van der Waals surface area contributed by atoms with Gasteiger partial charge in [-0.25, -0.2) is 4.79 Å². The van der Waals surface area contributed by atoms with Crippen LogP contribution in [0.1, 0.15) is 6.92 Å². The molecule has 0 saturated carbocycles. The molecule has 0 bridgehead atoms. The Kier molecular flexibility index (Phi) is 6.19. The Bertz CT molecular complexity index is 216. The number of ether oxygens (including phenoxy) is 1. The van der Waals surface area contributed by atoms with Gasteiger partial charge in [-0.1, -0.05) is 6.08 Å². The van der Waals surface area contributed by atoms with Gasteiger partial charge in [0.25, 0.3) is 0 Å². The molecule has 0 saturated heterocycles. The number of carbonyl (C=O) groups excluding carboxylic acids is 2. The summed E-state index contributed by atoms with van der Waals surface area (Å²) in [5.74, 6) is -0.0448. The van der Waals surface area contributed by atoms with E-state index in [1.54, 1.807) is 11.0 Å². The van der Waals surface area contributed by atoms with Gasteiger partial charge in [-0.05, 0) is 0 Å². The number of nitrogens with one attached hydrogen (secondary N) is 1. The van der Waals surface area contributed by atoms with Crippen molar-refractivity contribution in [2.75, 3.05) is 26.7 Å². The SMILES string of the molecule is C=CCN(CCNC(=O)OC)C(C)=O. The Morgan fingerprint density at radius 2 is 2.21 bits per heavy atom. The van der Waals surface area contributed by atoms with Gasteiger partial charge in [0.05, 0.1) is 7.11 Å². The lowest BCUT2D eigenvalue weighted by atomic mass is 10.4. The quantitative estimate of drug-likeness (QED) is 0.652. The maximum absolute atomic E-state index is 11.0. The minimum Gasteiger partial charge on any atom is -0.453 e. The molecule has 80 valence electrons. The zero-order valence-corrected chi connectivity index (χ0v) is 8.58. The molecular formula is C9H16N2O3. The lowest BCUT2D eigenvalue weighted by Gasteiger charge is -2.18. The van der Waals surface area contributed by atoms with Crippen LogP contribution >= 0.6 is 0 Å². The fraction of sp³-hybridized carbons (Fsp3) is 0.556. The van der Waals surface area contributed by atoms with Gasteiger partial charge in [0.15, 0.2) is 0 Å². The van der Waals surface area contributed by atoms with E-state index in [0.717, 1.165) is 0 Å². The number of amides is 2. The largest absolute Gasteiger partial charge is 0.453 e. The van der Waals surface area contributed by atoms with Crippen molar-refractivity contribution in [2.45, 2.75) is 6.92 Å². The van der Waals surface area contributed by atoms with E-state index in [0.29, 0.717) is 19.6 Å². The van der Waals surface area contributed by atoms with E-state index in [1.807, 2.05) is 0 Å². The molecule has 0 aliphatic carbocycles. The summed E-state index contributed by atoms with van der Waals surface area (Å²) in [6, 6.07) is 0.